The predicted octanol–water partition coefficient (Wildman–Crippen LogP) is 4.75. The highest BCUT2D eigenvalue weighted by Crippen LogP contribution is 2.35. The van der Waals surface area contributed by atoms with Gasteiger partial charge in [0.15, 0.2) is 5.78 Å². The molecule has 4 rings (SSSR count). The summed E-state index contributed by atoms with van der Waals surface area (Å²) in [5, 5.41) is 0. The summed E-state index contributed by atoms with van der Waals surface area (Å²) in [6, 6.07) is 18.7. The van der Waals surface area contributed by atoms with Gasteiger partial charge in [-0.25, -0.2) is 0 Å². The molecule has 1 aliphatic carbocycles. The number of ketones is 1. The molecule has 2 fully saturated rings. The molecule has 2 aromatic rings. The number of allylic oxidation sites excluding steroid dienone is 2. The van der Waals surface area contributed by atoms with Crippen molar-refractivity contribution in [3.63, 3.8) is 0 Å². The van der Waals surface area contributed by atoms with Crippen molar-refractivity contribution in [3.05, 3.63) is 72.3 Å². The Morgan fingerprint density at radius 2 is 1.70 bits per heavy atom. The van der Waals surface area contributed by atoms with Crippen molar-refractivity contribution in [1.82, 2.24) is 9.80 Å². The fraction of sp³-hybridized carbons (Fsp3) is 0.515. The van der Waals surface area contributed by atoms with Crippen LogP contribution in [-0.4, -0.2) is 87.2 Å². The Hall–Kier alpha value is -2.84. The molecule has 2 aromatic carbocycles. The molecule has 0 aromatic heterocycles. The fourth-order valence-corrected chi connectivity index (χ4v) is 5.54. The lowest BCUT2D eigenvalue weighted by atomic mass is 9.93. The lowest BCUT2D eigenvalue weighted by Gasteiger charge is -2.35. The maximum absolute atomic E-state index is 13.2. The molecule has 3 atom stereocenters. The summed E-state index contributed by atoms with van der Waals surface area (Å²) in [4.78, 5) is 29.4. The van der Waals surface area contributed by atoms with Crippen LogP contribution < -0.4 is 0 Å². The van der Waals surface area contributed by atoms with Gasteiger partial charge in [0.05, 0.1) is 32.0 Å². The van der Waals surface area contributed by atoms with E-state index in [0.717, 1.165) is 38.0 Å². The van der Waals surface area contributed by atoms with Crippen molar-refractivity contribution in [2.24, 2.45) is 5.92 Å². The van der Waals surface area contributed by atoms with E-state index in [0.29, 0.717) is 45.7 Å². The number of hydrogen-bond donors (Lipinski definition) is 0. The van der Waals surface area contributed by atoms with Gasteiger partial charge < -0.3 is 19.1 Å². The lowest BCUT2D eigenvalue weighted by Crippen LogP contribution is -2.49. The van der Waals surface area contributed by atoms with Crippen molar-refractivity contribution in [2.75, 3.05) is 53.6 Å². The smallest absolute Gasteiger partial charge is 0.306 e. The summed E-state index contributed by atoms with van der Waals surface area (Å²) in [6.45, 7) is 4.55. The summed E-state index contributed by atoms with van der Waals surface area (Å²) >= 11 is 0. The molecule has 0 radical (unpaired) electrons. The van der Waals surface area contributed by atoms with Gasteiger partial charge >= 0.3 is 5.97 Å². The number of rotatable bonds is 14. The van der Waals surface area contributed by atoms with E-state index in [1.807, 2.05) is 37.2 Å². The fourth-order valence-electron chi connectivity index (χ4n) is 5.54. The van der Waals surface area contributed by atoms with Crippen LogP contribution in [0.2, 0.25) is 0 Å². The third-order valence-electron chi connectivity index (χ3n) is 7.73. The van der Waals surface area contributed by atoms with Crippen LogP contribution in [0.1, 0.15) is 37.7 Å². The van der Waals surface area contributed by atoms with Gasteiger partial charge in [-0.15, -0.1) is 0 Å². The molecule has 0 spiro atoms. The first-order valence-corrected chi connectivity index (χ1v) is 14.6. The van der Waals surface area contributed by atoms with Gasteiger partial charge in [-0.1, -0.05) is 66.7 Å². The molecule has 1 saturated carbocycles. The third-order valence-corrected chi connectivity index (χ3v) is 7.73. The van der Waals surface area contributed by atoms with Crippen molar-refractivity contribution in [2.45, 2.75) is 50.9 Å². The SMILES string of the molecule is CN(C)CCOC(=O)CC/C=C\CCC1[C@@H](OCc2ccc(-c3ccccc3)cc2)CC(=O)[C@@H]1N1CCOCC1. The maximum atomic E-state index is 13.2. The second kappa shape index (κ2) is 15.8. The number of carbonyl (C=O) groups excluding carboxylic acids is 2. The monoisotopic (exact) mass is 548 g/mol. The van der Waals surface area contributed by atoms with Gasteiger partial charge in [0.25, 0.3) is 0 Å². The minimum Gasteiger partial charge on any atom is -0.464 e. The number of ether oxygens (including phenoxy) is 3. The number of benzene rings is 2. The molecule has 40 heavy (non-hydrogen) atoms. The minimum atomic E-state index is -0.162. The highest BCUT2D eigenvalue weighted by molar-refractivity contribution is 5.87. The Kier molecular flexibility index (Phi) is 11.9. The van der Waals surface area contributed by atoms with E-state index >= 15 is 0 Å². The summed E-state index contributed by atoms with van der Waals surface area (Å²) in [5.41, 5.74) is 3.48. The zero-order valence-electron chi connectivity index (χ0n) is 24.0. The van der Waals surface area contributed by atoms with E-state index in [1.165, 1.54) is 11.1 Å². The molecular formula is C33H44N2O5. The summed E-state index contributed by atoms with van der Waals surface area (Å²) in [6.07, 6.45) is 7.30. The standard InChI is InChI=1S/C33H44N2O5/c1-34(2)18-23-39-32(37)13-9-4-3-8-12-29-31(24-30(36)33(29)35-19-21-38-22-20-35)40-25-26-14-16-28(17-15-26)27-10-6-5-7-11-27/h3-7,10-11,14-17,29,31,33H,8-9,12-13,18-25H2,1-2H3/b4-3-/t29?,31-,33+/m0/s1. The van der Waals surface area contributed by atoms with Gasteiger partial charge in [-0.05, 0) is 50.0 Å². The summed E-state index contributed by atoms with van der Waals surface area (Å²) in [7, 11) is 3.91. The lowest BCUT2D eigenvalue weighted by molar-refractivity contribution is -0.143. The number of hydrogen-bond acceptors (Lipinski definition) is 7. The molecule has 216 valence electrons. The highest BCUT2D eigenvalue weighted by Gasteiger charge is 2.45. The first-order chi connectivity index (χ1) is 19.5. The van der Waals surface area contributed by atoms with Crippen molar-refractivity contribution < 1.29 is 23.8 Å². The average molecular weight is 549 g/mol. The molecule has 1 aliphatic heterocycles. The molecule has 1 saturated heterocycles. The number of morpholine rings is 1. The first-order valence-electron chi connectivity index (χ1n) is 14.6. The van der Waals surface area contributed by atoms with E-state index in [4.69, 9.17) is 14.2 Å². The van der Waals surface area contributed by atoms with E-state index in [9.17, 15) is 9.59 Å². The van der Waals surface area contributed by atoms with Crippen LogP contribution in [0.15, 0.2) is 66.7 Å². The molecule has 0 N–H and O–H groups in total. The van der Waals surface area contributed by atoms with E-state index in [-0.39, 0.29) is 29.8 Å². The number of esters is 1. The molecular weight excluding hydrogens is 504 g/mol. The largest absolute Gasteiger partial charge is 0.464 e. The Labute approximate surface area is 239 Å². The van der Waals surface area contributed by atoms with Crippen LogP contribution in [0.4, 0.5) is 0 Å². The van der Waals surface area contributed by atoms with Crippen LogP contribution in [-0.2, 0) is 30.4 Å². The molecule has 1 unspecified atom stereocenters. The molecule has 2 aliphatic rings. The van der Waals surface area contributed by atoms with Crippen LogP contribution in [0.5, 0.6) is 0 Å². The molecule has 0 amide bonds. The Bertz CT molecular complexity index is 1080. The molecule has 7 nitrogen and oxygen atoms in total. The molecule has 0 bridgehead atoms. The van der Waals surface area contributed by atoms with E-state index in [1.54, 1.807) is 0 Å². The predicted molar refractivity (Wildman–Crippen MR) is 157 cm³/mol. The van der Waals surface area contributed by atoms with Gasteiger partial charge in [0, 0.05) is 38.4 Å². The Morgan fingerprint density at radius 3 is 2.42 bits per heavy atom. The zero-order chi connectivity index (χ0) is 28.2. The normalized spacial score (nSPS) is 21.9. The Morgan fingerprint density at radius 1 is 1.00 bits per heavy atom. The number of carbonyl (C=O) groups is 2. The Balaban J connectivity index is 1.30. The topological polar surface area (TPSA) is 68.3 Å². The van der Waals surface area contributed by atoms with Crippen LogP contribution >= 0.6 is 0 Å². The third kappa shape index (κ3) is 9.10. The quantitative estimate of drug-likeness (QED) is 0.249. The van der Waals surface area contributed by atoms with Crippen molar-refractivity contribution >= 4 is 11.8 Å². The summed E-state index contributed by atoms with van der Waals surface area (Å²) < 4.78 is 17.2. The van der Waals surface area contributed by atoms with E-state index in [2.05, 4.69) is 53.5 Å². The van der Waals surface area contributed by atoms with Gasteiger partial charge in [0.2, 0.25) is 0 Å². The van der Waals surface area contributed by atoms with Crippen LogP contribution in [0.3, 0.4) is 0 Å². The van der Waals surface area contributed by atoms with Gasteiger partial charge in [0.1, 0.15) is 6.61 Å². The molecule has 1 heterocycles. The zero-order valence-corrected chi connectivity index (χ0v) is 24.0. The first kappa shape index (κ1) is 30.1. The maximum Gasteiger partial charge on any atom is 0.306 e. The van der Waals surface area contributed by atoms with E-state index < -0.39 is 0 Å². The number of nitrogens with zero attached hydrogens (tertiary/aromatic N) is 2. The molecule has 7 heteroatoms. The van der Waals surface area contributed by atoms with Gasteiger partial charge in [-0.3, -0.25) is 14.5 Å². The van der Waals surface area contributed by atoms with Crippen LogP contribution in [0.25, 0.3) is 11.1 Å². The number of Topliss-reactive ketones (excluding diaryl/α,β-unsaturated/α-hetero) is 1. The number of likely N-dealkylation sites (N-methyl/N-ethyl adjacent to an activating group) is 1. The van der Waals surface area contributed by atoms with Crippen molar-refractivity contribution in [3.8, 4) is 11.1 Å². The second-order valence-corrected chi connectivity index (χ2v) is 11.0. The summed E-state index contributed by atoms with van der Waals surface area (Å²) in [5.74, 6) is 0.251. The highest BCUT2D eigenvalue weighted by atomic mass is 16.5. The average Bonchev–Trinajstić information content (AvgIpc) is 3.29. The minimum absolute atomic E-state index is 0.103. The van der Waals surface area contributed by atoms with Crippen LogP contribution in [0, 0.1) is 5.92 Å². The second-order valence-electron chi connectivity index (χ2n) is 11.0. The van der Waals surface area contributed by atoms with Crippen molar-refractivity contribution in [1.29, 1.82) is 0 Å². The van der Waals surface area contributed by atoms with Gasteiger partial charge in [-0.2, -0.15) is 0 Å².